The predicted octanol–water partition coefficient (Wildman–Crippen LogP) is 1.58. The van der Waals surface area contributed by atoms with Crippen LogP contribution in [0.1, 0.15) is 26.2 Å². The normalized spacial score (nSPS) is 12.9. The molecule has 0 radical (unpaired) electrons. The molecule has 0 aromatic rings. The third-order valence-corrected chi connectivity index (χ3v) is 2.16. The number of hydrogen-bond donors (Lipinski definition) is 0. The molecule has 0 aliphatic heterocycles. The first-order chi connectivity index (χ1) is 6.63. The van der Waals surface area contributed by atoms with Crippen molar-refractivity contribution in [3.63, 3.8) is 0 Å². The average Bonchev–Trinajstić information content (AvgIpc) is 2.19. The zero-order valence-corrected chi connectivity index (χ0v) is 9.41. The summed E-state index contributed by atoms with van der Waals surface area (Å²) in [6.07, 6.45) is 1.97. The maximum absolute atomic E-state index is 10.9. The summed E-state index contributed by atoms with van der Waals surface area (Å²) in [5, 5.41) is 0. The standard InChI is InChI=1S/C10H20O4/c1-8(7-9(11)12-2)5-6-10(13-3)14-4/h8,10H,5-7H2,1-4H3/t8-/m1/s1. The molecule has 0 rings (SSSR count). The molecule has 0 aliphatic rings. The second kappa shape index (κ2) is 7.76. The number of carbonyl (C=O) groups excluding carboxylic acids is 1. The minimum absolute atomic E-state index is 0.163. The van der Waals surface area contributed by atoms with Crippen molar-refractivity contribution in [2.24, 2.45) is 5.92 Å². The lowest BCUT2D eigenvalue weighted by molar-refractivity contribution is -0.142. The summed E-state index contributed by atoms with van der Waals surface area (Å²) in [6.45, 7) is 2.01. The highest BCUT2D eigenvalue weighted by Crippen LogP contribution is 2.14. The van der Waals surface area contributed by atoms with Crippen molar-refractivity contribution in [1.82, 2.24) is 0 Å². The highest BCUT2D eigenvalue weighted by atomic mass is 16.7. The van der Waals surface area contributed by atoms with E-state index in [0.717, 1.165) is 12.8 Å². The van der Waals surface area contributed by atoms with Gasteiger partial charge in [0.2, 0.25) is 0 Å². The molecule has 84 valence electrons. The van der Waals surface area contributed by atoms with Crippen molar-refractivity contribution in [2.75, 3.05) is 21.3 Å². The van der Waals surface area contributed by atoms with Crippen molar-refractivity contribution in [3.8, 4) is 0 Å². The SMILES string of the molecule is COC(=O)C[C@H](C)CCC(OC)OC. The summed E-state index contributed by atoms with van der Waals surface area (Å²) < 4.78 is 14.7. The summed E-state index contributed by atoms with van der Waals surface area (Å²) in [4.78, 5) is 10.9. The molecule has 0 spiro atoms. The lowest BCUT2D eigenvalue weighted by Gasteiger charge is -2.15. The van der Waals surface area contributed by atoms with Crippen LogP contribution in [-0.2, 0) is 19.0 Å². The van der Waals surface area contributed by atoms with Crippen LogP contribution in [0.25, 0.3) is 0 Å². The van der Waals surface area contributed by atoms with E-state index in [4.69, 9.17) is 9.47 Å². The molecule has 0 saturated heterocycles. The molecule has 0 bridgehead atoms. The van der Waals surface area contributed by atoms with Gasteiger partial charge in [0.1, 0.15) is 0 Å². The van der Waals surface area contributed by atoms with Gasteiger partial charge in [-0.1, -0.05) is 6.92 Å². The molecule has 0 unspecified atom stereocenters. The van der Waals surface area contributed by atoms with Gasteiger partial charge in [-0.15, -0.1) is 0 Å². The Bertz CT molecular complexity index is 154. The van der Waals surface area contributed by atoms with Gasteiger partial charge in [-0.05, 0) is 18.8 Å². The van der Waals surface area contributed by atoms with Crippen LogP contribution in [0.5, 0.6) is 0 Å². The fraction of sp³-hybridized carbons (Fsp3) is 0.900. The van der Waals surface area contributed by atoms with E-state index in [9.17, 15) is 4.79 Å². The maximum Gasteiger partial charge on any atom is 0.305 e. The molecule has 0 N–H and O–H groups in total. The van der Waals surface area contributed by atoms with Gasteiger partial charge >= 0.3 is 5.97 Å². The fourth-order valence-electron chi connectivity index (χ4n) is 1.22. The van der Waals surface area contributed by atoms with Gasteiger partial charge in [0.05, 0.1) is 7.11 Å². The summed E-state index contributed by atoms with van der Waals surface area (Å²) in [5.74, 6) is 0.138. The lowest BCUT2D eigenvalue weighted by atomic mass is 10.0. The molecule has 0 heterocycles. The Kier molecular flexibility index (Phi) is 7.42. The molecule has 1 atom stereocenters. The average molecular weight is 204 g/mol. The van der Waals surface area contributed by atoms with Crippen LogP contribution < -0.4 is 0 Å². The molecule has 4 nitrogen and oxygen atoms in total. The highest BCUT2D eigenvalue weighted by molar-refractivity contribution is 5.69. The molecule has 0 saturated carbocycles. The Hall–Kier alpha value is -0.610. The smallest absolute Gasteiger partial charge is 0.305 e. The van der Waals surface area contributed by atoms with E-state index in [-0.39, 0.29) is 12.3 Å². The Morgan fingerprint density at radius 3 is 2.14 bits per heavy atom. The van der Waals surface area contributed by atoms with Crippen LogP contribution in [0.3, 0.4) is 0 Å². The van der Waals surface area contributed by atoms with E-state index >= 15 is 0 Å². The minimum Gasteiger partial charge on any atom is -0.469 e. The van der Waals surface area contributed by atoms with Crippen LogP contribution in [-0.4, -0.2) is 33.6 Å². The molecule has 4 heteroatoms. The van der Waals surface area contributed by atoms with Crippen LogP contribution in [0.15, 0.2) is 0 Å². The molecular formula is C10H20O4. The maximum atomic E-state index is 10.9. The van der Waals surface area contributed by atoms with Crippen LogP contribution in [0, 0.1) is 5.92 Å². The van der Waals surface area contributed by atoms with E-state index in [1.165, 1.54) is 7.11 Å². The number of rotatable bonds is 7. The van der Waals surface area contributed by atoms with Crippen molar-refractivity contribution >= 4 is 5.97 Å². The zero-order chi connectivity index (χ0) is 11.0. The Balaban J connectivity index is 3.61. The third-order valence-electron chi connectivity index (χ3n) is 2.16. The van der Waals surface area contributed by atoms with Crippen molar-refractivity contribution in [1.29, 1.82) is 0 Å². The van der Waals surface area contributed by atoms with Gasteiger partial charge in [0.25, 0.3) is 0 Å². The number of ether oxygens (including phenoxy) is 3. The Morgan fingerprint density at radius 2 is 1.71 bits per heavy atom. The van der Waals surface area contributed by atoms with Crippen LogP contribution in [0.2, 0.25) is 0 Å². The first-order valence-electron chi connectivity index (χ1n) is 4.76. The lowest BCUT2D eigenvalue weighted by Crippen LogP contribution is -2.15. The van der Waals surface area contributed by atoms with Crippen molar-refractivity contribution < 1.29 is 19.0 Å². The highest BCUT2D eigenvalue weighted by Gasteiger charge is 2.12. The molecule has 0 aliphatic carbocycles. The number of carbonyl (C=O) groups is 1. The molecular weight excluding hydrogens is 184 g/mol. The quantitative estimate of drug-likeness (QED) is 0.466. The summed E-state index contributed by atoms with van der Waals surface area (Å²) >= 11 is 0. The Labute approximate surface area is 85.5 Å². The zero-order valence-electron chi connectivity index (χ0n) is 9.41. The molecule has 14 heavy (non-hydrogen) atoms. The van der Waals surface area contributed by atoms with Gasteiger partial charge in [-0.3, -0.25) is 4.79 Å². The van der Waals surface area contributed by atoms with E-state index in [1.807, 2.05) is 6.92 Å². The van der Waals surface area contributed by atoms with Gasteiger partial charge in [0, 0.05) is 20.6 Å². The van der Waals surface area contributed by atoms with Gasteiger partial charge in [-0.2, -0.15) is 0 Å². The molecule has 0 amide bonds. The number of hydrogen-bond acceptors (Lipinski definition) is 4. The second-order valence-corrected chi connectivity index (χ2v) is 3.36. The van der Waals surface area contributed by atoms with Crippen LogP contribution in [0.4, 0.5) is 0 Å². The topological polar surface area (TPSA) is 44.8 Å². The van der Waals surface area contributed by atoms with E-state index in [2.05, 4.69) is 4.74 Å². The molecule has 0 aromatic heterocycles. The summed E-state index contributed by atoms with van der Waals surface area (Å²) in [5.41, 5.74) is 0. The third kappa shape index (κ3) is 5.94. The van der Waals surface area contributed by atoms with E-state index < -0.39 is 0 Å². The first kappa shape index (κ1) is 13.4. The van der Waals surface area contributed by atoms with Gasteiger partial charge in [-0.25, -0.2) is 0 Å². The minimum atomic E-state index is -0.171. The molecule has 0 aromatic carbocycles. The number of esters is 1. The van der Waals surface area contributed by atoms with E-state index in [0.29, 0.717) is 12.3 Å². The van der Waals surface area contributed by atoms with Crippen LogP contribution >= 0.6 is 0 Å². The first-order valence-corrected chi connectivity index (χ1v) is 4.76. The summed E-state index contributed by atoms with van der Waals surface area (Å²) in [6, 6.07) is 0. The Morgan fingerprint density at radius 1 is 1.14 bits per heavy atom. The molecule has 0 fully saturated rings. The largest absolute Gasteiger partial charge is 0.469 e. The van der Waals surface area contributed by atoms with Crippen molar-refractivity contribution in [2.45, 2.75) is 32.5 Å². The van der Waals surface area contributed by atoms with Gasteiger partial charge < -0.3 is 14.2 Å². The second-order valence-electron chi connectivity index (χ2n) is 3.36. The van der Waals surface area contributed by atoms with Crippen molar-refractivity contribution in [3.05, 3.63) is 0 Å². The monoisotopic (exact) mass is 204 g/mol. The number of methoxy groups -OCH3 is 3. The van der Waals surface area contributed by atoms with E-state index in [1.54, 1.807) is 14.2 Å². The summed E-state index contributed by atoms with van der Waals surface area (Å²) in [7, 11) is 4.63. The van der Waals surface area contributed by atoms with Gasteiger partial charge in [0.15, 0.2) is 6.29 Å². The fourth-order valence-corrected chi connectivity index (χ4v) is 1.22. The predicted molar refractivity (Wildman–Crippen MR) is 52.8 cm³/mol.